The minimum atomic E-state index is -2.84. The molecule has 0 amide bonds. The van der Waals surface area contributed by atoms with E-state index in [-0.39, 0.29) is 5.75 Å². The number of ether oxygens (including phenoxy) is 2. The Kier molecular flexibility index (Phi) is 5.76. The quantitative estimate of drug-likeness (QED) is 0.839. The summed E-state index contributed by atoms with van der Waals surface area (Å²) < 4.78 is 34.2. The van der Waals surface area contributed by atoms with Gasteiger partial charge in [-0.05, 0) is 44.1 Å². The molecule has 1 fully saturated rings. The summed E-state index contributed by atoms with van der Waals surface area (Å²) in [6, 6.07) is 5.66. The molecule has 0 radical (unpaired) electrons. The lowest BCUT2D eigenvalue weighted by Gasteiger charge is -2.24. The minimum absolute atomic E-state index is 0.0736. The van der Waals surface area contributed by atoms with Crippen molar-refractivity contribution in [2.75, 3.05) is 27.2 Å². The number of hydrogen-bond acceptors (Lipinski definition) is 4. The van der Waals surface area contributed by atoms with Gasteiger partial charge in [-0.15, -0.1) is 0 Å². The SMILES string of the molecule is CNCC1CCCN1Cc1ccc(OC(F)F)c(OC)c1. The topological polar surface area (TPSA) is 33.7 Å². The maximum absolute atomic E-state index is 12.3. The molecule has 0 saturated carbocycles. The van der Waals surface area contributed by atoms with Crippen LogP contribution >= 0.6 is 0 Å². The van der Waals surface area contributed by atoms with Gasteiger partial charge in [0.25, 0.3) is 0 Å². The standard InChI is InChI=1S/C15H22F2N2O2/c1-18-9-12-4-3-7-19(12)10-11-5-6-13(21-15(16)17)14(8-11)20-2/h5-6,8,12,15,18H,3-4,7,9-10H2,1-2H3. The first kappa shape index (κ1) is 16.0. The Morgan fingerprint density at radius 3 is 2.86 bits per heavy atom. The number of likely N-dealkylation sites (tertiary alicyclic amines) is 1. The number of likely N-dealkylation sites (N-methyl/N-ethyl adjacent to an activating group) is 1. The van der Waals surface area contributed by atoms with Crippen LogP contribution in [-0.2, 0) is 6.54 Å². The van der Waals surface area contributed by atoms with Gasteiger partial charge in [0.15, 0.2) is 11.5 Å². The molecule has 1 aromatic carbocycles. The number of rotatable bonds is 7. The molecule has 6 heteroatoms. The van der Waals surface area contributed by atoms with Crippen LogP contribution in [0, 0.1) is 0 Å². The molecule has 1 saturated heterocycles. The van der Waals surface area contributed by atoms with Crippen LogP contribution in [-0.4, -0.2) is 44.8 Å². The van der Waals surface area contributed by atoms with E-state index >= 15 is 0 Å². The Hall–Kier alpha value is -1.40. The van der Waals surface area contributed by atoms with Crippen molar-refractivity contribution in [1.82, 2.24) is 10.2 Å². The van der Waals surface area contributed by atoms with Gasteiger partial charge in [-0.3, -0.25) is 4.90 Å². The molecule has 118 valence electrons. The maximum atomic E-state index is 12.3. The molecule has 0 aromatic heterocycles. The highest BCUT2D eigenvalue weighted by atomic mass is 19.3. The molecule has 4 nitrogen and oxygen atoms in total. The monoisotopic (exact) mass is 300 g/mol. The maximum Gasteiger partial charge on any atom is 0.387 e. The summed E-state index contributed by atoms with van der Waals surface area (Å²) in [5, 5.41) is 3.21. The Balaban J connectivity index is 2.06. The summed E-state index contributed by atoms with van der Waals surface area (Å²) in [7, 11) is 3.41. The van der Waals surface area contributed by atoms with E-state index in [1.54, 1.807) is 12.1 Å². The van der Waals surface area contributed by atoms with Gasteiger partial charge in [0.05, 0.1) is 7.11 Å². The molecule has 1 aliphatic rings. The van der Waals surface area contributed by atoms with E-state index in [4.69, 9.17) is 4.74 Å². The molecule has 1 heterocycles. The van der Waals surface area contributed by atoms with E-state index in [2.05, 4.69) is 15.0 Å². The third-order valence-corrected chi connectivity index (χ3v) is 3.77. The minimum Gasteiger partial charge on any atom is -0.493 e. The second-order valence-corrected chi connectivity index (χ2v) is 5.19. The largest absolute Gasteiger partial charge is 0.493 e. The Labute approximate surface area is 124 Å². The lowest BCUT2D eigenvalue weighted by atomic mass is 10.1. The number of alkyl halides is 2. The normalized spacial score (nSPS) is 19.2. The van der Waals surface area contributed by atoms with E-state index in [9.17, 15) is 8.78 Å². The van der Waals surface area contributed by atoms with Crippen molar-refractivity contribution in [2.24, 2.45) is 0 Å². The van der Waals surface area contributed by atoms with Crippen molar-refractivity contribution in [3.63, 3.8) is 0 Å². The Morgan fingerprint density at radius 2 is 2.19 bits per heavy atom. The first-order valence-corrected chi connectivity index (χ1v) is 7.14. The summed E-state index contributed by atoms with van der Waals surface area (Å²) in [5.74, 6) is 0.418. The van der Waals surface area contributed by atoms with Gasteiger partial charge in [-0.1, -0.05) is 6.07 Å². The van der Waals surface area contributed by atoms with Crippen molar-refractivity contribution < 1.29 is 18.3 Å². The molecule has 1 aliphatic heterocycles. The molecule has 0 aliphatic carbocycles. The Morgan fingerprint density at radius 1 is 1.38 bits per heavy atom. The van der Waals surface area contributed by atoms with Gasteiger partial charge in [0.2, 0.25) is 0 Å². The molecule has 1 unspecified atom stereocenters. The Bertz CT molecular complexity index is 457. The van der Waals surface area contributed by atoms with Gasteiger partial charge in [-0.25, -0.2) is 0 Å². The lowest BCUT2D eigenvalue weighted by Crippen LogP contribution is -2.36. The number of methoxy groups -OCH3 is 1. The molecule has 0 spiro atoms. The van der Waals surface area contributed by atoms with Crippen LogP contribution in [0.25, 0.3) is 0 Å². The number of benzene rings is 1. The van der Waals surface area contributed by atoms with Crippen molar-refractivity contribution in [3.8, 4) is 11.5 Å². The molecular formula is C15H22F2N2O2. The third kappa shape index (κ3) is 4.28. The van der Waals surface area contributed by atoms with Gasteiger partial charge < -0.3 is 14.8 Å². The summed E-state index contributed by atoms with van der Waals surface area (Å²) >= 11 is 0. The second-order valence-electron chi connectivity index (χ2n) is 5.19. The molecule has 1 N–H and O–H groups in total. The first-order valence-electron chi connectivity index (χ1n) is 7.14. The zero-order chi connectivity index (χ0) is 15.2. The first-order chi connectivity index (χ1) is 10.1. The van der Waals surface area contributed by atoms with Crippen LogP contribution in [0.1, 0.15) is 18.4 Å². The predicted molar refractivity (Wildman–Crippen MR) is 77.0 cm³/mol. The van der Waals surface area contributed by atoms with E-state index in [0.29, 0.717) is 11.8 Å². The average molecular weight is 300 g/mol. The van der Waals surface area contributed by atoms with Gasteiger partial charge >= 0.3 is 6.61 Å². The van der Waals surface area contributed by atoms with Crippen LogP contribution in [0.2, 0.25) is 0 Å². The molecule has 0 bridgehead atoms. The highest BCUT2D eigenvalue weighted by Gasteiger charge is 2.24. The highest BCUT2D eigenvalue weighted by Crippen LogP contribution is 2.30. The summed E-state index contributed by atoms with van der Waals surface area (Å²) in [4.78, 5) is 2.40. The molecular weight excluding hydrogens is 278 g/mol. The zero-order valence-corrected chi connectivity index (χ0v) is 12.4. The fourth-order valence-electron chi connectivity index (χ4n) is 2.81. The van der Waals surface area contributed by atoms with Crippen molar-refractivity contribution in [2.45, 2.75) is 32.0 Å². The number of hydrogen-bond donors (Lipinski definition) is 1. The van der Waals surface area contributed by atoms with Crippen molar-refractivity contribution in [1.29, 1.82) is 0 Å². The summed E-state index contributed by atoms with van der Waals surface area (Å²) in [5.41, 5.74) is 1.04. The van der Waals surface area contributed by atoms with E-state index in [1.807, 2.05) is 13.1 Å². The zero-order valence-electron chi connectivity index (χ0n) is 12.4. The average Bonchev–Trinajstić information content (AvgIpc) is 2.87. The molecule has 1 atom stereocenters. The van der Waals surface area contributed by atoms with Crippen LogP contribution in [0.4, 0.5) is 8.78 Å². The number of nitrogens with one attached hydrogen (secondary N) is 1. The fraction of sp³-hybridized carbons (Fsp3) is 0.600. The molecule has 1 aromatic rings. The second kappa shape index (κ2) is 7.56. The van der Waals surface area contributed by atoms with Crippen LogP contribution in [0.15, 0.2) is 18.2 Å². The van der Waals surface area contributed by atoms with Crippen LogP contribution in [0.3, 0.4) is 0 Å². The van der Waals surface area contributed by atoms with E-state index < -0.39 is 6.61 Å². The number of halogens is 2. The summed E-state index contributed by atoms with van der Waals surface area (Å²) in [6.45, 7) is -0.0333. The highest BCUT2D eigenvalue weighted by molar-refractivity contribution is 5.43. The van der Waals surface area contributed by atoms with Crippen molar-refractivity contribution in [3.05, 3.63) is 23.8 Å². The smallest absolute Gasteiger partial charge is 0.387 e. The predicted octanol–water partition coefficient (Wildman–Crippen LogP) is 2.48. The van der Waals surface area contributed by atoms with Crippen molar-refractivity contribution >= 4 is 0 Å². The van der Waals surface area contributed by atoms with E-state index in [1.165, 1.54) is 20.0 Å². The lowest BCUT2D eigenvalue weighted by molar-refractivity contribution is -0.0512. The number of nitrogens with zero attached hydrogens (tertiary/aromatic N) is 1. The molecule has 2 rings (SSSR count). The van der Waals surface area contributed by atoms with Gasteiger partial charge in [0, 0.05) is 19.1 Å². The third-order valence-electron chi connectivity index (χ3n) is 3.77. The van der Waals surface area contributed by atoms with Gasteiger partial charge in [0.1, 0.15) is 0 Å². The fourth-order valence-corrected chi connectivity index (χ4v) is 2.81. The summed E-state index contributed by atoms with van der Waals surface area (Å²) in [6.07, 6.45) is 2.38. The van der Waals surface area contributed by atoms with E-state index in [0.717, 1.165) is 25.2 Å². The molecule has 21 heavy (non-hydrogen) atoms. The van der Waals surface area contributed by atoms with Crippen LogP contribution in [0.5, 0.6) is 11.5 Å². The van der Waals surface area contributed by atoms with Crippen LogP contribution < -0.4 is 14.8 Å². The van der Waals surface area contributed by atoms with Gasteiger partial charge in [-0.2, -0.15) is 8.78 Å².